The topological polar surface area (TPSA) is 59.8 Å². The second-order valence-corrected chi connectivity index (χ2v) is 6.90. The molecule has 128 valence electrons. The summed E-state index contributed by atoms with van der Waals surface area (Å²) in [5, 5.41) is 4.20. The first-order chi connectivity index (χ1) is 10.9. The smallest absolute Gasteiger partial charge is 0.236 e. The SMILES string of the molecule is Cn1nccc1C1CN(CC(=O)N2CCOC(C)(C)C2)CCO1. The largest absolute Gasteiger partial charge is 0.372 e. The van der Waals surface area contributed by atoms with Crippen LogP contribution in [0.4, 0.5) is 0 Å². The highest BCUT2D eigenvalue weighted by Gasteiger charge is 2.32. The van der Waals surface area contributed by atoms with Gasteiger partial charge in [0, 0.05) is 39.4 Å². The molecule has 3 heterocycles. The van der Waals surface area contributed by atoms with E-state index in [0.717, 1.165) is 18.8 Å². The van der Waals surface area contributed by atoms with Crippen molar-refractivity contribution in [2.45, 2.75) is 25.6 Å². The minimum Gasteiger partial charge on any atom is -0.372 e. The summed E-state index contributed by atoms with van der Waals surface area (Å²) in [6.45, 7) is 8.58. The molecule has 2 aliphatic rings. The predicted molar refractivity (Wildman–Crippen MR) is 85.0 cm³/mol. The Hall–Kier alpha value is -1.44. The number of aromatic nitrogens is 2. The van der Waals surface area contributed by atoms with Crippen LogP contribution in [0.2, 0.25) is 0 Å². The van der Waals surface area contributed by atoms with Crippen LogP contribution in [0, 0.1) is 0 Å². The summed E-state index contributed by atoms with van der Waals surface area (Å²) in [6, 6.07) is 1.97. The van der Waals surface area contributed by atoms with Crippen molar-refractivity contribution >= 4 is 5.91 Å². The zero-order valence-electron chi connectivity index (χ0n) is 14.2. The Balaban J connectivity index is 1.57. The molecular weight excluding hydrogens is 296 g/mol. The minimum absolute atomic E-state index is 0.0230. The van der Waals surface area contributed by atoms with E-state index < -0.39 is 0 Å². The maximum Gasteiger partial charge on any atom is 0.236 e. The van der Waals surface area contributed by atoms with Gasteiger partial charge in [-0.3, -0.25) is 14.4 Å². The number of morpholine rings is 2. The summed E-state index contributed by atoms with van der Waals surface area (Å²) in [4.78, 5) is 16.7. The summed E-state index contributed by atoms with van der Waals surface area (Å²) in [5.41, 5.74) is 0.797. The van der Waals surface area contributed by atoms with Crippen LogP contribution in [-0.4, -0.2) is 77.0 Å². The van der Waals surface area contributed by atoms with Crippen molar-refractivity contribution in [1.82, 2.24) is 19.6 Å². The maximum atomic E-state index is 12.6. The summed E-state index contributed by atoms with van der Waals surface area (Å²) in [7, 11) is 1.92. The van der Waals surface area contributed by atoms with Crippen molar-refractivity contribution < 1.29 is 14.3 Å². The van der Waals surface area contributed by atoms with E-state index in [4.69, 9.17) is 9.47 Å². The fourth-order valence-corrected chi connectivity index (χ4v) is 3.25. The Morgan fingerprint density at radius 3 is 2.91 bits per heavy atom. The van der Waals surface area contributed by atoms with E-state index in [0.29, 0.717) is 32.8 Å². The van der Waals surface area contributed by atoms with E-state index >= 15 is 0 Å². The van der Waals surface area contributed by atoms with E-state index in [1.807, 2.05) is 36.5 Å². The van der Waals surface area contributed by atoms with Gasteiger partial charge in [-0.15, -0.1) is 0 Å². The molecule has 1 atom stereocenters. The monoisotopic (exact) mass is 322 g/mol. The number of aryl methyl sites for hydroxylation is 1. The van der Waals surface area contributed by atoms with Gasteiger partial charge in [0.2, 0.25) is 5.91 Å². The van der Waals surface area contributed by atoms with Crippen LogP contribution in [0.15, 0.2) is 12.3 Å². The van der Waals surface area contributed by atoms with Gasteiger partial charge in [0.1, 0.15) is 6.10 Å². The van der Waals surface area contributed by atoms with Crippen molar-refractivity contribution in [3.05, 3.63) is 18.0 Å². The number of hydrogen-bond acceptors (Lipinski definition) is 5. The van der Waals surface area contributed by atoms with Gasteiger partial charge in [-0.1, -0.05) is 0 Å². The molecule has 0 N–H and O–H groups in total. The van der Waals surface area contributed by atoms with Crippen molar-refractivity contribution in [3.63, 3.8) is 0 Å². The molecule has 3 rings (SSSR count). The summed E-state index contributed by atoms with van der Waals surface area (Å²) >= 11 is 0. The molecule has 7 heteroatoms. The molecule has 0 saturated carbocycles. The Morgan fingerprint density at radius 1 is 1.39 bits per heavy atom. The van der Waals surface area contributed by atoms with Crippen LogP contribution in [0.1, 0.15) is 25.6 Å². The highest BCUT2D eigenvalue weighted by Crippen LogP contribution is 2.22. The second kappa shape index (κ2) is 6.59. The quantitative estimate of drug-likeness (QED) is 0.808. The number of nitrogens with zero attached hydrogens (tertiary/aromatic N) is 4. The van der Waals surface area contributed by atoms with Crippen LogP contribution < -0.4 is 0 Å². The average Bonchev–Trinajstić information content (AvgIpc) is 2.92. The van der Waals surface area contributed by atoms with Gasteiger partial charge in [0.05, 0.1) is 31.1 Å². The summed E-state index contributed by atoms with van der Waals surface area (Å²) < 4.78 is 13.4. The van der Waals surface area contributed by atoms with Crippen molar-refractivity contribution in [2.75, 3.05) is 45.9 Å². The zero-order valence-corrected chi connectivity index (χ0v) is 14.2. The van der Waals surface area contributed by atoms with Crippen LogP contribution in [0.25, 0.3) is 0 Å². The number of ether oxygens (including phenoxy) is 2. The number of hydrogen-bond donors (Lipinski definition) is 0. The van der Waals surface area contributed by atoms with Crippen molar-refractivity contribution in [1.29, 1.82) is 0 Å². The second-order valence-electron chi connectivity index (χ2n) is 6.90. The highest BCUT2D eigenvalue weighted by molar-refractivity contribution is 5.78. The van der Waals surface area contributed by atoms with Gasteiger partial charge in [0.15, 0.2) is 0 Å². The Bertz CT molecular complexity index is 557. The number of rotatable bonds is 3. The van der Waals surface area contributed by atoms with Gasteiger partial charge in [-0.25, -0.2) is 0 Å². The first-order valence-electron chi connectivity index (χ1n) is 8.18. The third kappa shape index (κ3) is 3.91. The molecule has 23 heavy (non-hydrogen) atoms. The lowest BCUT2D eigenvalue weighted by molar-refractivity contribution is -0.148. The standard InChI is InChI=1S/C16H26N4O3/c1-16(2)12-20(7-9-23-16)15(21)11-19-6-8-22-14(10-19)13-4-5-17-18(13)3/h4-5,14H,6-12H2,1-3H3. The summed E-state index contributed by atoms with van der Waals surface area (Å²) in [6.07, 6.45) is 1.75. The van der Waals surface area contributed by atoms with Gasteiger partial charge in [0.25, 0.3) is 0 Å². The van der Waals surface area contributed by atoms with E-state index in [-0.39, 0.29) is 17.6 Å². The molecule has 0 spiro atoms. The number of carbonyl (C=O) groups excluding carboxylic acids is 1. The van der Waals surface area contributed by atoms with Crippen LogP contribution in [0.3, 0.4) is 0 Å². The van der Waals surface area contributed by atoms with Gasteiger partial charge < -0.3 is 14.4 Å². The zero-order chi connectivity index (χ0) is 16.4. The average molecular weight is 322 g/mol. The predicted octanol–water partition coefficient (Wildman–Crippen LogP) is 0.431. The number of amides is 1. The molecule has 0 aromatic carbocycles. The van der Waals surface area contributed by atoms with Crippen LogP contribution in [0.5, 0.6) is 0 Å². The molecule has 2 saturated heterocycles. The first kappa shape index (κ1) is 16.4. The van der Waals surface area contributed by atoms with Crippen LogP contribution >= 0.6 is 0 Å². The van der Waals surface area contributed by atoms with E-state index in [9.17, 15) is 4.79 Å². The highest BCUT2D eigenvalue weighted by atomic mass is 16.5. The van der Waals surface area contributed by atoms with Gasteiger partial charge in [-0.05, 0) is 19.9 Å². The Labute approximate surface area is 137 Å². The van der Waals surface area contributed by atoms with E-state index in [1.165, 1.54) is 0 Å². The molecule has 1 aromatic rings. The lowest BCUT2D eigenvalue weighted by atomic mass is 10.1. The van der Waals surface area contributed by atoms with E-state index in [2.05, 4.69) is 10.00 Å². The molecule has 7 nitrogen and oxygen atoms in total. The normalized spacial score (nSPS) is 25.5. The van der Waals surface area contributed by atoms with Crippen molar-refractivity contribution in [2.24, 2.45) is 7.05 Å². The van der Waals surface area contributed by atoms with Gasteiger partial charge >= 0.3 is 0 Å². The summed E-state index contributed by atoms with van der Waals surface area (Å²) in [5.74, 6) is 0.173. The lowest BCUT2D eigenvalue weighted by Gasteiger charge is -2.39. The lowest BCUT2D eigenvalue weighted by Crippen LogP contribution is -2.53. The molecule has 1 amide bonds. The number of carbonyl (C=O) groups is 1. The molecule has 2 fully saturated rings. The molecule has 1 unspecified atom stereocenters. The third-order valence-corrected chi connectivity index (χ3v) is 4.48. The molecule has 0 radical (unpaired) electrons. The maximum absolute atomic E-state index is 12.6. The Morgan fingerprint density at radius 2 is 2.22 bits per heavy atom. The molecule has 2 aliphatic heterocycles. The van der Waals surface area contributed by atoms with Crippen molar-refractivity contribution in [3.8, 4) is 0 Å². The van der Waals surface area contributed by atoms with Crippen LogP contribution in [-0.2, 0) is 21.3 Å². The van der Waals surface area contributed by atoms with Gasteiger partial charge in [-0.2, -0.15) is 5.10 Å². The molecule has 1 aromatic heterocycles. The molecule has 0 bridgehead atoms. The Kier molecular flexibility index (Phi) is 4.70. The fraction of sp³-hybridized carbons (Fsp3) is 0.750. The third-order valence-electron chi connectivity index (χ3n) is 4.48. The fourth-order valence-electron chi connectivity index (χ4n) is 3.25. The molecular formula is C16H26N4O3. The first-order valence-corrected chi connectivity index (χ1v) is 8.18. The van der Waals surface area contributed by atoms with E-state index in [1.54, 1.807) is 6.20 Å². The minimum atomic E-state index is -0.254. The molecule has 0 aliphatic carbocycles.